The number of hydrogen-bond acceptors (Lipinski definition) is 6. The summed E-state index contributed by atoms with van der Waals surface area (Å²) in [4.78, 5) is 19.3. The van der Waals surface area contributed by atoms with Gasteiger partial charge in [-0.1, -0.05) is 6.07 Å². The third-order valence-electron chi connectivity index (χ3n) is 3.06. The largest absolute Gasteiger partial charge is 0.433 e. The molecule has 1 aromatic heterocycles. The molecule has 0 aliphatic carbocycles. The minimum atomic E-state index is -4.72. The van der Waals surface area contributed by atoms with Gasteiger partial charge in [0.15, 0.2) is 5.69 Å². The van der Waals surface area contributed by atoms with Crippen molar-refractivity contribution in [2.75, 3.05) is 23.0 Å². The highest BCUT2D eigenvalue weighted by atomic mass is 19.4. The van der Waals surface area contributed by atoms with Gasteiger partial charge < -0.3 is 21.5 Å². The Hall–Kier alpha value is -2.88. The fraction of sp³-hybridized carbons (Fsp3) is 0.267. The van der Waals surface area contributed by atoms with Gasteiger partial charge in [-0.15, -0.1) is 0 Å². The van der Waals surface area contributed by atoms with Crippen molar-refractivity contribution in [1.29, 1.82) is 0 Å². The maximum atomic E-state index is 13.0. The number of nitrogens with two attached hydrogens (primary N) is 1. The van der Waals surface area contributed by atoms with Crippen LogP contribution in [0, 0.1) is 0 Å². The lowest BCUT2D eigenvalue weighted by Gasteiger charge is -2.14. The minimum Gasteiger partial charge on any atom is -0.399 e. The summed E-state index contributed by atoms with van der Waals surface area (Å²) in [6, 6.07) is 6.02. The lowest BCUT2D eigenvalue weighted by atomic mass is 10.2. The number of carbonyl (C=O) groups excluding carboxylic acids is 1. The maximum absolute atomic E-state index is 13.0. The number of aromatic nitrogens is 2. The Morgan fingerprint density at radius 2 is 2.04 bits per heavy atom. The molecule has 10 heteroatoms. The molecule has 0 unspecified atom stereocenters. The van der Waals surface area contributed by atoms with E-state index in [4.69, 9.17) is 10.8 Å². The van der Waals surface area contributed by atoms with E-state index in [1.54, 1.807) is 12.1 Å². The second-order valence-corrected chi connectivity index (χ2v) is 5.27. The van der Waals surface area contributed by atoms with Crippen LogP contribution in [0.2, 0.25) is 0 Å². The first kappa shape index (κ1) is 18.5. The number of rotatable bonds is 5. The van der Waals surface area contributed by atoms with Gasteiger partial charge in [0.05, 0.1) is 6.61 Å². The molecule has 25 heavy (non-hydrogen) atoms. The zero-order valence-electron chi connectivity index (χ0n) is 13.1. The molecule has 1 amide bonds. The van der Waals surface area contributed by atoms with E-state index >= 15 is 0 Å². The molecule has 0 saturated heterocycles. The Morgan fingerprint density at radius 3 is 2.64 bits per heavy atom. The number of nitrogens with zero attached hydrogens (tertiary/aromatic N) is 2. The summed E-state index contributed by atoms with van der Waals surface area (Å²) >= 11 is 0. The number of anilines is 3. The van der Waals surface area contributed by atoms with Crippen molar-refractivity contribution in [3.8, 4) is 0 Å². The van der Waals surface area contributed by atoms with Crippen LogP contribution >= 0.6 is 0 Å². The third-order valence-corrected chi connectivity index (χ3v) is 3.06. The summed E-state index contributed by atoms with van der Waals surface area (Å²) in [6.45, 7) is 1.21. The highest BCUT2D eigenvalue weighted by molar-refractivity contribution is 6.04. The van der Waals surface area contributed by atoms with Crippen LogP contribution in [0.15, 0.2) is 30.3 Å². The van der Waals surface area contributed by atoms with E-state index in [1.807, 2.05) is 0 Å². The van der Waals surface area contributed by atoms with E-state index in [9.17, 15) is 18.0 Å². The summed E-state index contributed by atoms with van der Waals surface area (Å²) in [5, 5.41) is 13.8. The first-order valence-electron chi connectivity index (χ1n) is 7.19. The van der Waals surface area contributed by atoms with E-state index in [2.05, 4.69) is 20.6 Å². The zero-order chi connectivity index (χ0) is 18.6. The van der Waals surface area contributed by atoms with Gasteiger partial charge in [-0.25, -0.2) is 4.98 Å². The molecule has 134 valence electrons. The number of alkyl halides is 3. The van der Waals surface area contributed by atoms with Crippen molar-refractivity contribution >= 4 is 23.4 Å². The Bertz CT molecular complexity index is 767. The molecule has 0 saturated carbocycles. The van der Waals surface area contributed by atoms with Crippen LogP contribution < -0.4 is 16.4 Å². The molecular weight excluding hydrogens is 339 g/mol. The van der Waals surface area contributed by atoms with Gasteiger partial charge in [-0.3, -0.25) is 4.79 Å². The smallest absolute Gasteiger partial charge is 0.399 e. The fourth-order valence-electron chi connectivity index (χ4n) is 1.86. The van der Waals surface area contributed by atoms with Crippen molar-refractivity contribution in [1.82, 2.24) is 9.97 Å². The Morgan fingerprint density at radius 1 is 1.32 bits per heavy atom. The van der Waals surface area contributed by atoms with Crippen LogP contribution in [-0.2, 0) is 6.18 Å². The van der Waals surface area contributed by atoms with Crippen molar-refractivity contribution in [3.05, 3.63) is 41.6 Å². The Kier molecular flexibility index (Phi) is 5.42. The number of nitrogen functional groups attached to an aromatic ring is 1. The number of halogens is 3. The van der Waals surface area contributed by atoms with Crippen LogP contribution in [0.25, 0.3) is 0 Å². The minimum absolute atomic E-state index is 0.172. The predicted molar refractivity (Wildman–Crippen MR) is 86.0 cm³/mol. The highest BCUT2D eigenvalue weighted by Crippen LogP contribution is 2.30. The third kappa shape index (κ3) is 5.05. The van der Waals surface area contributed by atoms with Crippen molar-refractivity contribution in [2.24, 2.45) is 0 Å². The summed E-state index contributed by atoms with van der Waals surface area (Å²) in [5.41, 5.74) is 4.86. The van der Waals surface area contributed by atoms with E-state index in [1.165, 1.54) is 19.1 Å². The molecular formula is C15H16F3N5O2. The average Bonchev–Trinajstić information content (AvgIpc) is 2.53. The quantitative estimate of drug-likeness (QED) is 0.611. The lowest BCUT2D eigenvalue weighted by Crippen LogP contribution is -2.23. The van der Waals surface area contributed by atoms with Crippen LogP contribution in [0.3, 0.4) is 0 Å². The van der Waals surface area contributed by atoms with Gasteiger partial charge in [0.2, 0.25) is 5.95 Å². The summed E-state index contributed by atoms with van der Waals surface area (Å²) in [5.74, 6) is -1.36. The molecule has 0 spiro atoms. The van der Waals surface area contributed by atoms with Gasteiger partial charge in [0.1, 0.15) is 5.82 Å². The maximum Gasteiger partial charge on any atom is 0.433 e. The predicted octanol–water partition coefficient (Wildman–Crippen LogP) is 2.12. The van der Waals surface area contributed by atoms with Gasteiger partial charge in [0.25, 0.3) is 5.91 Å². The molecule has 1 aromatic carbocycles. The van der Waals surface area contributed by atoms with E-state index in [0.717, 1.165) is 0 Å². The molecule has 0 fully saturated rings. The molecule has 2 aromatic rings. The van der Waals surface area contributed by atoms with Gasteiger partial charge in [0, 0.05) is 23.4 Å². The molecule has 5 N–H and O–H groups in total. The van der Waals surface area contributed by atoms with Gasteiger partial charge >= 0.3 is 6.18 Å². The number of hydrogen-bond donors (Lipinski definition) is 4. The highest BCUT2D eigenvalue weighted by Gasteiger charge is 2.34. The molecule has 1 atom stereocenters. The molecule has 2 rings (SSSR count). The van der Waals surface area contributed by atoms with Crippen LogP contribution in [0.4, 0.5) is 30.6 Å². The molecule has 0 aliphatic heterocycles. The van der Waals surface area contributed by atoms with E-state index in [0.29, 0.717) is 11.8 Å². The normalized spacial score (nSPS) is 12.5. The summed E-state index contributed by atoms with van der Waals surface area (Å²) in [7, 11) is 0. The molecule has 0 bridgehead atoms. The average molecular weight is 355 g/mol. The van der Waals surface area contributed by atoms with Crippen LogP contribution in [0.5, 0.6) is 0 Å². The SMILES string of the molecule is C[C@@H](CO)Nc1nc(NC(=O)c2cccc(N)c2)cc(C(F)(F)F)n1. The number of aliphatic hydroxyl groups is 1. The second kappa shape index (κ2) is 7.34. The van der Waals surface area contributed by atoms with E-state index in [-0.39, 0.29) is 23.9 Å². The molecule has 0 radical (unpaired) electrons. The number of aliphatic hydroxyl groups excluding tert-OH is 1. The number of amides is 1. The monoisotopic (exact) mass is 355 g/mol. The molecule has 1 heterocycles. The van der Waals surface area contributed by atoms with Crippen molar-refractivity contribution < 1.29 is 23.1 Å². The van der Waals surface area contributed by atoms with Gasteiger partial charge in [-0.2, -0.15) is 18.2 Å². The number of carbonyl (C=O) groups is 1. The lowest BCUT2D eigenvalue weighted by molar-refractivity contribution is -0.141. The summed E-state index contributed by atoms with van der Waals surface area (Å²) < 4.78 is 39.0. The van der Waals surface area contributed by atoms with Crippen molar-refractivity contribution in [3.63, 3.8) is 0 Å². The second-order valence-electron chi connectivity index (χ2n) is 5.27. The van der Waals surface area contributed by atoms with Gasteiger partial charge in [-0.05, 0) is 25.1 Å². The molecule has 7 nitrogen and oxygen atoms in total. The first-order chi connectivity index (χ1) is 11.7. The first-order valence-corrected chi connectivity index (χ1v) is 7.19. The van der Waals surface area contributed by atoms with Crippen molar-refractivity contribution in [2.45, 2.75) is 19.1 Å². The van der Waals surface area contributed by atoms with Crippen LogP contribution in [0.1, 0.15) is 23.0 Å². The summed E-state index contributed by atoms with van der Waals surface area (Å²) in [6.07, 6.45) is -4.72. The standard InChI is InChI=1S/C15H16F3N5O2/c1-8(7-24)20-14-21-11(15(16,17)18)6-12(23-14)22-13(25)9-3-2-4-10(19)5-9/h2-6,8,24H,7,19H2,1H3,(H2,20,21,22,23,25)/t8-/m0/s1. The van der Waals surface area contributed by atoms with Crippen LogP contribution in [-0.4, -0.2) is 33.6 Å². The zero-order valence-corrected chi connectivity index (χ0v) is 13.1. The topological polar surface area (TPSA) is 113 Å². The number of benzene rings is 1. The fourth-order valence-corrected chi connectivity index (χ4v) is 1.86. The number of nitrogens with one attached hydrogen (secondary N) is 2. The Balaban J connectivity index is 2.32. The molecule has 0 aliphatic rings. The van der Waals surface area contributed by atoms with E-state index < -0.39 is 23.8 Å². The Labute approximate surface area is 141 Å².